The molecule has 2 aromatic carbocycles. The smallest absolute Gasteiger partial charge is 0.249 e. The number of hydrogen-bond donors (Lipinski definition) is 4. The fourth-order valence-corrected chi connectivity index (χ4v) is 7.10. The van der Waals surface area contributed by atoms with E-state index in [0.717, 1.165) is 18.4 Å². The maximum absolute atomic E-state index is 17.0. The summed E-state index contributed by atoms with van der Waals surface area (Å²) in [4.78, 5) is 12.7. The zero-order valence-corrected chi connectivity index (χ0v) is 26.3. The van der Waals surface area contributed by atoms with Crippen molar-refractivity contribution in [2.75, 3.05) is 13.2 Å². The average molecular weight is 631 g/mol. The summed E-state index contributed by atoms with van der Waals surface area (Å²) in [6, 6.07) is 10.9. The lowest BCUT2D eigenvalue weighted by Crippen LogP contribution is -2.49. The van der Waals surface area contributed by atoms with Crippen molar-refractivity contribution in [1.29, 1.82) is 0 Å². The third kappa shape index (κ3) is 5.93. The van der Waals surface area contributed by atoms with Crippen molar-refractivity contribution in [2.24, 2.45) is 5.73 Å². The van der Waals surface area contributed by atoms with E-state index >= 15 is 8.78 Å². The van der Waals surface area contributed by atoms with Gasteiger partial charge in [-0.05, 0) is 52.0 Å². The summed E-state index contributed by atoms with van der Waals surface area (Å²) in [6.07, 6.45) is 3.54. The lowest BCUT2D eigenvalue weighted by molar-refractivity contribution is -0.114. The molecular formula is C34H41ClF2N2O5. The van der Waals surface area contributed by atoms with Gasteiger partial charge < -0.3 is 30.7 Å². The molecular weight excluding hydrogens is 590 g/mol. The van der Waals surface area contributed by atoms with Crippen LogP contribution in [0, 0.1) is 5.82 Å². The van der Waals surface area contributed by atoms with E-state index in [-0.39, 0.29) is 40.1 Å². The predicted molar refractivity (Wildman–Crippen MR) is 166 cm³/mol. The first-order chi connectivity index (χ1) is 20.7. The minimum Gasteiger partial charge on any atom is -0.480 e. The van der Waals surface area contributed by atoms with Crippen molar-refractivity contribution < 1.29 is 33.3 Å². The number of aliphatic hydroxyl groups is 2. The summed E-state index contributed by atoms with van der Waals surface area (Å²) >= 11 is 6.68. The summed E-state index contributed by atoms with van der Waals surface area (Å²) in [7, 11) is 0. The molecule has 3 aliphatic rings. The van der Waals surface area contributed by atoms with Crippen LogP contribution in [0.15, 0.2) is 54.1 Å². The highest BCUT2D eigenvalue weighted by atomic mass is 35.5. The molecule has 5 rings (SSSR count). The third-order valence-corrected chi connectivity index (χ3v) is 9.76. The first-order valence-corrected chi connectivity index (χ1v) is 15.5. The van der Waals surface area contributed by atoms with E-state index in [0.29, 0.717) is 24.9 Å². The highest BCUT2D eigenvalue weighted by molar-refractivity contribution is 6.33. The lowest BCUT2D eigenvalue weighted by atomic mass is 9.73. The number of amides is 1. The van der Waals surface area contributed by atoms with Crippen molar-refractivity contribution >= 4 is 23.1 Å². The molecule has 0 bridgehead atoms. The molecule has 1 heterocycles. The minimum absolute atomic E-state index is 0.00878. The number of ether oxygens (including phenoxy) is 2. The molecule has 10 heteroatoms. The average Bonchev–Trinajstić information content (AvgIpc) is 3.24. The van der Waals surface area contributed by atoms with Gasteiger partial charge in [-0.15, -0.1) is 0 Å². The molecule has 2 unspecified atom stereocenters. The molecule has 7 nitrogen and oxygen atoms in total. The Morgan fingerprint density at radius 3 is 2.52 bits per heavy atom. The Hall–Kier alpha value is -2.82. The molecule has 0 radical (unpaired) electrons. The van der Waals surface area contributed by atoms with Gasteiger partial charge in [0.15, 0.2) is 11.3 Å². The SMILES string of the molecule is C[C@H](O)COC1C=CC(C(N)=O)=C(c2c(Cl)c(F)cc3c2[C@H](C)[C@@](CN[C@H]2CC[C@@](C)(O)CC2)(c2ccccc2)O3)C1(C)F. The van der Waals surface area contributed by atoms with Gasteiger partial charge >= 0.3 is 0 Å². The first-order valence-electron chi connectivity index (χ1n) is 15.1. The normalized spacial score (nSPS) is 32.3. The van der Waals surface area contributed by atoms with E-state index in [1.807, 2.05) is 44.2 Å². The number of hydrogen-bond acceptors (Lipinski definition) is 6. The number of primary amides is 1. The molecule has 5 atom stereocenters. The molecule has 1 fully saturated rings. The van der Waals surface area contributed by atoms with Gasteiger partial charge in [0.1, 0.15) is 17.7 Å². The van der Waals surface area contributed by atoms with Gasteiger partial charge in [-0.3, -0.25) is 4.79 Å². The molecule has 0 aromatic heterocycles. The maximum Gasteiger partial charge on any atom is 0.249 e. The van der Waals surface area contributed by atoms with Crippen LogP contribution >= 0.6 is 11.6 Å². The van der Waals surface area contributed by atoms with Gasteiger partial charge in [0.2, 0.25) is 5.91 Å². The Labute approximate surface area is 262 Å². The van der Waals surface area contributed by atoms with Crippen LogP contribution < -0.4 is 15.8 Å². The molecule has 0 saturated heterocycles. The molecule has 238 valence electrons. The Morgan fingerprint density at radius 1 is 1.25 bits per heavy atom. The van der Waals surface area contributed by atoms with Crippen LogP contribution in [-0.2, 0) is 15.1 Å². The van der Waals surface area contributed by atoms with E-state index in [9.17, 15) is 15.0 Å². The number of rotatable bonds is 9. The zero-order chi connectivity index (χ0) is 32.0. The standard InChI is InChI=1S/C34H41ClF2N2O5/c1-19(40)17-43-26-11-10-23(31(38)41)29(33(26,4)37)28-27-20(2)34(21-8-6-5-7-9-21,44-25(27)16-24(36)30(28)35)18-39-22-12-14-32(3,42)15-13-22/h5-11,16,19-20,22,26,39-40,42H,12-15,17-18H2,1-4H3,(H2,38,41)/t19-,20-,22-,26?,32+,33?,34-/m0/s1. The van der Waals surface area contributed by atoms with Gasteiger partial charge in [0, 0.05) is 46.8 Å². The van der Waals surface area contributed by atoms with Crippen molar-refractivity contribution in [3.05, 3.63) is 81.7 Å². The summed E-state index contributed by atoms with van der Waals surface area (Å²) < 4.78 is 45.1. The second-order valence-electron chi connectivity index (χ2n) is 12.9. The molecule has 1 saturated carbocycles. The second kappa shape index (κ2) is 12.2. The molecule has 2 aliphatic carbocycles. The van der Waals surface area contributed by atoms with Crippen molar-refractivity contribution in [1.82, 2.24) is 5.32 Å². The topological polar surface area (TPSA) is 114 Å². The number of fused-ring (bicyclic) bond motifs is 1. The Bertz CT molecular complexity index is 1470. The van der Waals surface area contributed by atoms with E-state index in [1.54, 1.807) is 0 Å². The number of carbonyl (C=O) groups excluding carboxylic acids is 1. The van der Waals surface area contributed by atoms with Crippen molar-refractivity contribution in [3.8, 4) is 5.75 Å². The third-order valence-electron chi connectivity index (χ3n) is 9.39. The fourth-order valence-electron chi connectivity index (χ4n) is 6.85. The number of aliphatic hydroxyl groups excluding tert-OH is 1. The van der Waals surface area contributed by atoms with Crippen LogP contribution in [0.4, 0.5) is 8.78 Å². The monoisotopic (exact) mass is 630 g/mol. The van der Waals surface area contributed by atoms with Crippen molar-refractivity contribution in [3.63, 3.8) is 0 Å². The minimum atomic E-state index is -2.38. The first kappa shape index (κ1) is 32.6. The highest BCUT2D eigenvalue weighted by Gasteiger charge is 2.53. The number of benzene rings is 2. The van der Waals surface area contributed by atoms with E-state index < -0.39 is 46.7 Å². The largest absolute Gasteiger partial charge is 0.480 e. The van der Waals surface area contributed by atoms with Crippen LogP contribution in [0.25, 0.3) is 5.57 Å². The zero-order valence-electron chi connectivity index (χ0n) is 25.5. The van der Waals surface area contributed by atoms with Gasteiger partial charge in [-0.1, -0.05) is 61.0 Å². The van der Waals surface area contributed by atoms with Crippen LogP contribution in [0.1, 0.15) is 76.0 Å². The van der Waals surface area contributed by atoms with E-state index in [1.165, 1.54) is 32.1 Å². The molecule has 2 aromatic rings. The number of carbonyl (C=O) groups is 1. The summed E-state index contributed by atoms with van der Waals surface area (Å²) in [5.74, 6) is -2.04. The Kier molecular flexibility index (Phi) is 9.01. The van der Waals surface area contributed by atoms with Gasteiger partial charge in [-0.25, -0.2) is 8.78 Å². The van der Waals surface area contributed by atoms with Crippen LogP contribution in [0.5, 0.6) is 5.75 Å². The van der Waals surface area contributed by atoms with E-state index in [4.69, 9.17) is 26.8 Å². The van der Waals surface area contributed by atoms with Gasteiger partial charge in [0.05, 0.1) is 23.3 Å². The second-order valence-corrected chi connectivity index (χ2v) is 13.3. The molecule has 5 N–H and O–H groups in total. The summed E-state index contributed by atoms with van der Waals surface area (Å²) in [5, 5.41) is 23.5. The van der Waals surface area contributed by atoms with Crippen molar-refractivity contribution in [2.45, 2.75) is 94.4 Å². The highest BCUT2D eigenvalue weighted by Crippen LogP contribution is 2.57. The summed E-state index contributed by atoms with van der Waals surface area (Å²) in [5.41, 5.74) is 2.59. The van der Waals surface area contributed by atoms with Crippen LogP contribution in [-0.4, -0.2) is 58.8 Å². The molecule has 0 spiro atoms. The molecule has 44 heavy (non-hydrogen) atoms. The molecule has 1 amide bonds. The fraction of sp³-hybridized carbons (Fsp3) is 0.500. The summed E-state index contributed by atoms with van der Waals surface area (Å²) in [6.45, 7) is 6.69. The quantitative estimate of drug-likeness (QED) is 0.293. The van der Waals surface area contributed by atoms with Crippen LogP contribution in [0.2, 0.25) is 5.02 Å². The molecule has 1 aliphatic heterocycles. The van der Waals surface area contributed by atoms with Gasteiger partial charge in [-0.2, -0.15) is 0 Å². The van der Waals surface area contributed by atoms with Crippen LogP contribution in [0.3, 0.4) is 0 Å². The number of nitrogens with one attached hydrogen (secondary N) is 1. The Balaban J connectivity index is 1.63. The van der Waals surface area contributed by atoms with E-state index in [2.05, 4.69) is 5.32 Å². The van der Waals surface area contributed by atoms with Gasteiger partial charge in [0.25, 0.3) is 0 Å². The number of nitrogens with two attached hydrogens (primary N) is 1. The predicted octanol–water partition coefficient (Wildman–Crippen LogP) is 5.46. The number of halogens is 3. The lowest BCUT2D eigenvalue weighted by Gasteiger charge is -2.39. The number of alkyl halides is 1. The Morgan fingerprint density at radius 2 is 1.91 bits per heavy atom. The maximum atomic E-state index is 17.0.